The molecule has 9 heteroatoms. The van der Waals surface area contributed by atoms with Gasteiger partial charge in [-0.1, -0.05) is 60.7 Å². The van der Waals surface area contributed by atoms with Gasteiger partial charge in [0.15, 0.2) is 0 Å². The van der Waals surface area contributed by atoms with Crippen molar-refractivity contribution in [1.82, 2.24) is 14.1 Å². The summed E-state index contributed by atoms with van der Waals surface area (Å²) in [7, 11) is 1.79. The SMILES string of the molecule is CCOC(=O)C(C)(C)C1CCN(c2ccc3c(c2)n(C)c(=O)n3-c2ccc(OCc3ccccc3)nc2OCc2ccccc2)CC1. The fourth-order valence-electron chi connectivity index (χ4n) is 6.33. The molecule has 47 heavy (non-hydrogen) atoms. The van der Waals surface area contributed by atoms with Crippen LogP contribution < -0.4 is 20.1 Å². The largest absolute Gasteiger partial charge is 0.473 e. The summed E-state index contributed by atoms with van der Waals surface area (Å²) in [5, 5.41) is 0. The fourth-order valence-corrected chi connectivity index (χ4v) is 6.33. The average Bonchev–Trinajstić information content (AvgIpc) is 3.35. The van der Waals surface area contributed by atoms with Gasteiger partial charge in [0.2, 0.25) is 11.8 Å². The maximum absolute atomic E-state index is 13.8. The summed E-state index contributed by atoms with van der Waals surface area (Å²) in [5.74, 6) is 0.831. The maximum Gasteiger partial charge on any atom is 0.333 e. The number of ether oxygens (including phenoxy) is 3. The van der Waals surface area contributed by atoms with Crippen molar-refractivity contribution in [3.63, 3.8) is 0 Å². The second-order valence-electron chi connectivity index (χ2n) is 12.6. The van der Waals surface area contributed by atoms with Crippen LogP contribution in [0.2, 0.25) is 0 Å². The monoisotopic (exact) mass is 634 g/mol. The van der Waals surface area contributed by atoms with Crippen LogP contribution in [0, 0.1) is 11.3 Å². The highest BCUT2D eigenvalue weighted by atomic mass is 16.5. The predicted molar refractivity (Wildman–Crippen MR) is 183 cm³/mol. The molecule has 0 saturated carbocycles. The highest BCUT2D eigenvalue weighted by Crippen LogP contribution is 2.38. The van der Waals surface area contributed by atoms with Crippen molar-refractivity contribution in [3.8, 4) is 17.4 Å². The minimum atomic E-state index is -0.524. The molecule has 9 nitrogen and oxygen atoms in total. The van der Waals surface area contributed by atoms with Crippen LogP contribution in [-0.2, 0) is 29.8 Å². The fraction of sp³-hybridized carbons (Fsp3) is 0.342. The molecule has 5 aromatic rings. The summed E-state index contributed by atoms with van der Waals surface area (Å²) >= 11 is 0. The van der Waals surface area contributed by atoms with Crippen molar-refractivity contribution >= 4 is 22.7 Å². The van der Waals surface area contributed by atoms with Crippen molar-refractivity contribution in [2.75, 3.05) is 24.6 Å². The normalized spacial score (nSPS) is 13.9. The number of carbonyl (C=O) groups is 1. The van der Waals surface area contributed by atoms with Crippen molar-refractivity contribution in [3.05, 3.63) is 113 Å². The lowest BCUT2D eigenvalue weighted by molar-refractivity contribution is -0.157. The second-order valence-corrected chi connectivity index (χ2v) is 12.6. The van der Waals surface area contributed by atoms with Crippen LogP contribution in [0.15, 0.2) is 95.8 Å². The molecule has 3 aromatic carbocycles. The molecule has 0 aliphatic carbocycles. The Morgan fingerprint density at radius 3 is 2.13 bits per heavy atom. The molecular weight excluding hydrogens is 592 g/mol. The number of esters is 1. The number of aromatic nitrogens is 3. The molecule has 0 atom stereocenters. The van der Waals surface area contributed by atoms with Gasteiger partial charge in [-0.05, 0) is 74.9 Å². The number of hydrogen-bond acceptors (Lipinski definition) is 7. The zero-order valence-electron chi connectivity index (χ0n) is 27.5. The third-order valence-electron chi connectivity index (χ3n) is 9.23. The van der Waals surface area contributed by atoms with Gasteiger partial charge in [0.25, 0.3) is 0 Å². The number of fused-ring (bicyclic) bond motifs is 1. The molecule has 1 aliphatic heterocycles. The first-order valence-electron chi connectivity index (χ1n) is 16.2. The van der Waals surface area contributed by atoms with Crippen LogP contribution in [-0.4, -0.2) is 39.8 Å². The van der Waals surface area contributed by atoms with E-state index >= 15 is 0 Å². The smallest absolute Gasteiger partial charge is 0.333 e. The van der Waals surface area contributed by atoms with Gasteiger partial charge in [0.1, 0.15) is 18.9 Å². The van der Waals surface area contributed by atoms with Crippen LogP contribution in [0.3, 0.4) is 0 Å². The second kappa shape index (κ2) is 13.7. The van der Waals surface area contributed by atoms with E-state index in [1.165, 1.54) is 0 Å². The van der Waals surface area contributed by atoms with Gasteiger partial charge in [0, 0.05) is 31.9 Å². The average molecular weight is 635 g/mol. The van der Waals surface area contributed by atoms with E-state index < -0.39 is 5.41 Å². The van der Waals surface area contributed by atoms with E-state index in [-0.39, 0.29) is 24.2 Å². The van der Waals surface area contributed by atoms with Crippen molar-refractivity contribution in [2.24, 2.45) is 18.4 Å². The number of aryl methyl sites for hydroxylation is 1. The van der Waals surface area contributed by atoms with Crippen LogP contribution in [0.5, 0.6) is 11.8 Å². The van der Waals surface area contributed by atoms with E-state index in [0.717, 1.165) is 53.8 Å². The Balaban J connectivity index is 1.28. The number of pyridine rings is 1. The lowest BCUT2D eigenvalue weighted by Crippen LogP contribution is -2.42. The van der Waals surface area contributed by atoms with Gasteiger partial charge >= 0.3 is 11.7 Å². The van der Waals surface area contributed by atoms with Gasteiger partial charge in [-0.25, -0.2) is 4.79 Å². The lowest BCUT2D eigenvalue weighted by atomic mass is 9.73. The van der Waals surface area contributed by atoms with Crippen LogP contribution in [0.1, 0.15) is 44.7 Å². The minimum Gasteiger partial charge on any atom is -0.473 e. The summed E-state index contributed by atoms with van der Waals surface area (Å²) in [6.07, 6.45) is 1.77. The predicted octanol–water partition coefficient (Wildman–Crippen LogP) is 6.69. The van der Waals surface area contributed by atoms with Crippen LogP contribution >= 0.6 is 0 Å². The zero-order chi connectivity index (χ0) is 33.0. The Morgan fingerprint density at radius 2 is 1.49 bits per heavy atom. The van der Waals surface area contributed by atoms with E-state index in [0.29, 0.717) is 30.7 Å². The topological polar surface area (TPSA) is 87.8 Å². The molecule has 0 spiro atoms. The highest BCUT2D eigenvalue weighted by Gasteiger charge is 2.39. The molecule has 0 amide bonds. The Labute approximate surface area is 275 Å². The van der Waals surface area contributed by atoms with Gasteiger partial charge in [0.05, 0.1) is 23.1 Å². The molecule has 0 bridgehead atoms. The number of carbonyl (C=O) groups excluding carboxylic acids is 1. The summed E-state index contributed by atoms with van der Waals surface area (Å²) in [6.45, 7) is 8.50. The number of anilines is 1. The molecule has 0 radical (unpaired) electrons. The molecular formula is C38H42N4O5. The number of hydrogen-bond donors (Lipinski definition) is 0. The zero-order valence-corrected chi connectivity index (χ0v) is 27.5. The number of benzene rings is 3. The van der Waals surface area contributed by atoms with E-state index in [1.807, 2.05) is 93.6 Å². The van der Waals surface area contributed by atoms with Crippen molar-refractivity contribution in [2.45, 2.75) is 46.8 Å². The summed E-state index contributed by atoms with van der Waals surface area (Å²) in [4.78, 5) is 33.5. The van der Waals surface area contributed by atoms with E-state index in [1.54, 1.807) is 22.2 Å². The summed E-state index contributed by atoms with van der Waals surface area (Å²) in [5.41, 5.74) is 4.43. The standard InChI is InChI=1S/C38H42N4O5/c1-5-45-36(43)38(2,3)29-20-22-41(23-21-29)30-16-17-31-33(24-30)40(4)37(44)42(31)32-18-19-34(46-25-27-12-8-6-9-13-27)39-35(32)47-26-28-14-10-7-11-15-28/h6-19,24,29H,5,20-23,25-26H2,1-4H3. The maximum atomic E-state index is 13.8. The van der Waals surface area contributed by atoms with Gasteiger partial charge in [-0.15, -0.1) is 0 Å². The van der Waals surface area contributed by atoms with Crippen LogP contribution in [0.4, 0.5) is 5.69 Å². The molecule has 1 aliphatic rings. The van der Waals surface area contributed by atoms with Gasteiger partial charge < -0.3 is 19.1 Å². The Bertz CT molecular complexity index is 1890. The molecule has 244 valence electrons. The van der Waals surface area contributed by atoms with E-state index in [2.05, 4.69) is 17.0 Å². The third-order valence-corrected chi connectivity index (χ3v) is 9.23. The number of imidazole rings is 1. The van der Waals surface area contributed by atoms with E-state index in [9.17, 15) is 9.59 Å². The number of piperidine rings is 1. The first-order chi connectivity index (χ1) is 22.8. The van der Waals surface area contributed by atoms with Crippen LogP contribution in [0.25, 0.3) is 16.7 Å². The number of rotatable bonds is 11. The Morgan fingerprint density at radius 1 is 0.851 bits per heavy atom. The number of nitrogens with zero attached hydrogens (tertiary/aromatic N) is 4. The van der Waals surface area contributed by atoms with E-state index in [4.69, 9.17) is 19.2 Å². The Kier molecular flexibility index (Phi) is 9.33. The summed E-state index contributed by atoms with van der Waals surface area (Å²) in [6, 6.07) is 29.5. The first kappa shape index (κ1) is 31.9. The molecule has 3 heterocycles. The quantitative estimate of drug-likeness (QED) is 0.150. The van der Waals surface area contributed by atoms with Gasteiger partial charge in [-0.2, -0.15) is 4.98 Å². The summed E-state index contributed by atoms with van der Waals surface area (Å²) < 4.78 is 21.0. The molecule has 1 saturated heterocycles. The first-order valence-corrected chi connectivity index (χ1v) is 16.2. The molecule has 2 aromatic heterocycles. The highest BCUT2D eigenvalue weighted by molar-refractivity contribution is 5.83. The molecule has 1 fully saturated rings. The Hall–Kier alpha value is -5.05. The molecule has 0 N–H and O–H groups in total. The third kappa shape index (κ3) is 6.75. The molecule has 6 rings (SSSR count). The van der Waals surface area contributed by atoms with Crippen molar-refractivity contribution in [1.29, 1.82) is 0 Å². The van der Waals surface area contributed by atoms with Gasteiger partial charge in [-0.3, -0.25) is 13.9 Å². The molecule has 0 unspecified atom stereocenters. The van der Waals surface area contributed by atoms with Crippen molar-refractivity contribution < 1.29 is 19.0 Å². The minimum absolute atomic E-state index is 0.131. The lowest BCUT2D eigenvalue weighted by Gasteiger charge is -2.40.